The summed E-state index contributed by atoms with van der Waals surface area (Å²) in [5.74, 6) is -1.41. The number of rotatable bonds is 2. The van der Waals surface area contributed by atoms with E-state index in [1.807, 2.05) is 0 Å². The van der Waals surface area contributed by atoms with Gasteiger partial charge in [-0.2, -0.15) is 0 Å². The molecule has 1 fully saturated rings. The number of carbonyl (C=O) groups is 2. The number of morpholine rings is 1. The van der Waals surface area contributed by atoms with Crippen molar-refractivity contribution in [1.29, 1.82) is 0 Å². The Balaban J connectivity index is 2.11. The van der Waals surface area contributed by atoms with Crippen molar-refractivity contribution in [2.24, 2.45) is 0 Å². The number of aromatic nitrogens is 1. The monoisotopic (exact) mass is 252 g/mol. The number of nitrogens with zero attached hydrogens (tertiary/aromatic N) is 1. The van der Waals surface area contributed by atoms with E-state index in [9.17, 15) is 14.4 Å². The molecule has 7 heteroatoms. The zero-order valence-electron chi connectivity index (χ0n) is 9.46. The largest absolute Gasteiger partial charge is 0.479 e. The Kier molecular flexibility index (Phi) is 3.42. The van der Waals surface area contributed by atoms with Gasteiger partial charge in [0.05, 0.1) is 18.7 Å². The fourth-order valence-electron chi connectivity index (χ4n) is 1.71. The molecule has 96 valence electrons. The molecule has 2 N–H and O–H groups in total. The van der Waals surface area contributed by atoms with Crippen molar-refractivity contribution >= 4 is 11.9 Å². The molecule has 0 bridgehead atoms. The Morgan fingerprint density at radius 3 is 2.83 bits per heavy atom. The van der Waals surface area contributed by atoms with Gasteiger partial charge in [-0.1, -0.05) is 0 Å². The minimum Gasteiger partial charge on any atom is -0.479 e. The number of aromatic amines is 1. The third-order valence-corrected chi connectivity index (χ3v) is 2.66. The van der Waals surface area contributed by atoms with Crippen molar-refractivity contribution in [1.82, 2.24) is 9.88 Å². The zero-order chi connectivity index (χ0) is 13.1. The molecule has 0 aliphatic carbocycles. The molecule has 0 radical (unpaired) electrons. The maximum atomic E-state index is 12.0. The lowest BCUT2D eigenvalue weighted by Gasteiger charge is -2.30. The van der Waals surface area contributed by atoms with Gasteiger partial charge >= 0.3 is 5.97 Å². The number of H-pyrrole nitrogens is 1. The van der Waals surface area contributed by atoms with E-state index in [4.69, 9.17) is 9.84 Å². The Bertz CT molecular complexity index is 504. The van der Waals surface area contributed by atoms with Crippen LogP contribution in [-0.2, 0) is 9.53 Å². The molecule has 1 amide bonds. The van der Waals surface area contributed by atoms with Crippen molar-refractivity contribution < 1.29 is 19.4 Å². The maximum absolute atomic E-state index is 12.0. The lowest BCUT2D eigenvalue weighted by molar-refractivity contribution is -0.154. The number of nitrogens with one attached hydrogen (secondary N) is 1. The number of carboxylic acids is 1. The molecular formula is C11H12N2O5. The van der Waals surface area contributed by atoms with Crippen molar-refractivity contribution in [3.63, 3.8) is 0 Å². The minimum absolute atomic E-state index is 0.00724. The van der Waals surface area contributed by atoms with Crippen LogP contribution in [0.4, 0.5) is 0 Å². The van der Waals surface area contributed by atoms with E-state index in [1.54, 1.807) is 0 Å². The summed E-state index contributed by atoms with van der Waals surface area (Å²) in [5, 5.41) is 8.83. The van der Waals surface area contributed by atoms with Gasteiger partial charge in [0.2, 0.25) is 5.56 Å². The van der Waals surface area contributed by atoms with Crippen LogP contribution in [0.15, 0.2) is 23.1 Å². The number of hydrogen-bond acceptors (Lipinski definition) is 4. The molecule has 0 saturated carbocycles. The van der Waals surface area contributed by atoms with Gasteiger partial charge in [0.25, 0.3) is 5.91 Å². The molecule has 18 heavy (non-hydrogen) atoms. The SMILES string of the molecule is O=C(O)C1CN(C(=O)c2ccc(=O)[nH]c2)CCO1. The first-order valence-corrected chi connectivity index (χ1v) is 5.40. The molecule has 1 aromatic rings. The van der Waals surface area contributed by atoms with Crippen molar-refractivity contribution in [2.45, 2.75) is 6.10 Å². The first-order chi connectivity index (χ1) is 8.58. The van der Waals surface area contributed by atoms with Gasteiger partial charge in [0.1, 0.15) is 0 Å². The standard InChI is InChI=1S/C11H12N2O5/c14-9-2-1-7(5-12-9)10(15)13-3-4-18-8(6-13)11(16)17/h1-2,5,8H,3-4,6H2,(H,12,14)(H,16,17). The summed E-state index contributed by atoms with van der Waals surface area (Å²) < 4.78 is 5.02. The Morgan fingerprint density at radius 2 is 2.22 bits per heavy atom. The quantitative estimate of drug-likeness (QED) is 0.725. The molecule has 2 heterocycles. The van der Waals surface area contributed by atoms with Crippen LogP contribution >= 0.6 is 0 Å². The minimum atomic E-state index is -1.09. The number of ether oxygens (including phenoxy) is 1. The molecular weight excluding hydrogens is 240 g/mol. The molecule has 1 atom stereocenters. The fraction of sp³-hybridized carbons (Fsp3) is 0.364. The number of hydrogen-bond donors (Lipinski definition) is 2. The van der Waals surface area contributed by atoms with Crippen molar-refractivity contribution in [3.05, 3.63) is 34.2 Å². The van der Waals surface area contributed by atoms with Crippen LogP contribution < -0.4 is 5.56 Å². The van der Waals surface area contributed by atoms with Crippen LogP contribution in [0.3, 0.4) is 0 Å². The van der Waals surface area contributed by atoms with Crippen LogP contribution in [-0.4, -0.2) is 52.7 Å². The molecule has 7 nitrogen and oxygen atoms in total. The average molecular weight is 252 g/mol. The first kappa shape index (κ1) is 12.3. The van der Waals surface area contributed by atoms with Gasteiger partial charge in [-0.3, -0.25) is 9.59 Å². The fourth-order valence-corrected chi connectivity index (χ4v) is 1.71. The molecule has 2 rings (SSSR count). The topological polar surface area (TPSA) is 99.7 Å². The van der Waals surface area contributed by atoms with E-state index in [0.717, 1.165) is 0 Å². The van der Waals surface area contributed by atoms with Gasteiger partial charge in [-0.05, 0) is 6.07 Å². The first-order valence-electron chi connectivity index (χ1n) is 5.40. The van der Waals surface area contributed by atoms with Gasteiger partial charge < -0.3 is 19.7 Å². The second-order valence-corrected chi connectivity index (χ2v) is 3.89. The molecule has 1 aromatic heterocycles. The Hall–Kier alpha value is -2.15. The Labute approximate surface area is 102 Å². The van der Waals surface area contributed by atoms with Crippen molar-refractivity contribution in [3.8, 4) is 0 Å². The van der Waals surface area contributed by atoms with E-state index < -0.39 is 12.1 Å². The summed E-state index contributed by atoms with van der Waals surface area (Å²) in [7, 11) is 0. The molecule has 1 aliphatic heterocycles. The lowest BCUT2D eigenvalue weighted by Crippen LogP contribution is -2.48. The number of pyridine rings is 1. The molecule has 1 unspecified atom stereocenters. The highest BCUT2D eigenvalue weighted by molar-refractivity contribution is 5.94. The number of amides is 1. The van der Waals surface area contributed by atoms with E-state index >= 15 is 0 Å². The normalized spacial score (nSPS) is 19.6. The van der Waals surface area contributed by atoms with Gasteiger partial charge in [0.15, 0.2) is 6.10 Å². The van der Waals surface area contributed by atoms with Gasteiger partial charge in [-0.25, -0.2) is 4.79 Å². The summed E-state index contributed by atoms with van der Waals surface area (Å²) >= 11 is 0. The summed E-state index contributed by atoms with van der Waals surface area (Å²) in [6.45, 7) is 0.529. The molecule has 1 aliphatic rings. The second-order valence-electron chi connectivity index (χ2n) is 3.89. The Morgan fingerprint density at radius 1 is 1.44 bits per heavy atom. The maximum Gasteiger partial charge on any atom is 0.334 e. The molecule has 1 saturated heterocycles. The van der Waals surface area contributed by atoms with Crippen LogP contribution in [0, 0.1) is 0 Å². The van der Waals surface area contributed by atoms with Crippen molar-refractivity contribution in [2.75, 3.05) is 19.7 Å². The number of carbonyl (C=O) groups excluding carboxylic acids is 1. The smallest absolute Gasteiger partial charge is 0.334 e. The van der Waals surface area contributed by atoms with E-state index in [1.165, 1.54) is 23.2 Å². The van der Waals surface area contributed by atoms with Gasteiger partial charge in [-0.15, -0.1) is 0 Å². The van der Waals surface area contributed by atoms with Gasteiger partial charge in [0, 0.05) is 18.8 Å². The zero-order valence-corrected chi connectivity index (χ0v) is 9.46. The van der Waals surface area contributed by atoms with E-state index in [0.29, 0.717) is 12.1 Å². The number of carboxylic acid groups (broad SMARTS) is 1. The lowest BCUT2D eigenvalue weighted by atomic mass is 10.2. The summed E-state index contributed by atoms with van der Waals surface area (Å²) in [6, 6.07) is 2.66. The molecule has 0 aromatic carbocycles. The highest BCUT2D eigenvalue weighted by atomic mass is 16.5. The highest BCUT2D eigenvalue weighted by Gasteiger charge is 2.29. The second kappa shape index (κ2) is 5.01. The van der Waals surface area contributed by atoms with Crippen LogP contribution in [0.25, 0.3) is 0 Å². The average Bonchev–Trinajstić information content (AvgIpc) is 2.39. The number of aliphatic carboxylic acids is 1. The predicted molar refractivity (Wildman–Crippen MR) is 60.3 cm³/mol. The van der Waals surface area contributed by atoms with Crippen LogP contribution in [0.1, 0.15) is 10.4 Å². The summed E-state index contributed by atoms with van der Waals surface area (Å²) in [4.78, 5) is 37.5. The van der Waals surface area contributed by atoms with E-state index in [-0.39, 0.29) is 24.6 Å². The highest BCUT2D eigenvalue weighted by Crippen LogP contribution is 2.09. The molecule has 0 spiro atoms. The third kappa shape index (κ3) is 2.57. The third-order valence-electron chi connectivity index (χ3n) is 2.66. The van der Waals surface area contributed by atoms with Crippen LogP contribution in [0.5, 0.6) is 0 Å². The summed E-state index contributed by atoms with van der Waals surface area (Å²) in [6.07, 6.45) is 0.320. The van der Waals surface area contributed by atoms with Crippen LogP contribution in [0.2, 0.25) is 0 Å². The summed E-state index contributed by atoms with van der Waals surface area (Å²) in [5.41, 5.74) is 0.0255. The van der Waals surface area contributed by atoms with E-state index in [2.05, 4.69) is 4.98 Å². The predicted octanol–water partition coefficient (Wildman–Crippen LogP) is -0.699.